The van der Waals surface area contributed by atoms with Gasteiger partial charge in [-0.2, -0.15) is 0 Å². The first-order valence-electron chi connectivity index (χ1n) is 10.2. The minimum Gasteiger partial charge on any atom is -0.355 e. The van der Waals surface area contributed by atoms with Crippen molar-refractivity contribution < 1.29 is 9.18 Å². The van der Waals surface area contributed by atoms with Crippen molar-refractivity contribution in [2.45, 2.75) is 46.1 Å². The number of amides is 1. The molecule has 0 fully saturated rings. The molecule has 0 saturated heterocycles. The summed E-state index contributed by atoms with van der Waals surface area (Å²) in [4.78, 5) is 18.6. The van der Waals surface area contributed by atoms with Gasteiger partial charge in [-0.25, -0.2) is 4.39 Å². The lowest BCUT2D eigenvalue weighted by Crippen LogP contribution is -2.45. The van der Waals surface area contributed by atoms with E-state index < -0.39 is 0 Å². The molecule has 1 aromatic carbocycles. The molecule has 0 heterocycles. The first kappa shape index (κ1) is 27.6. The van der Waals surface area contributed by atoms with Crippen molar-refractivity contribution >= 4 is 35.8 Å². The van der Waals surface area contributed by atoms with Crippen molar-refractivity contribution in [1.82, 2.24) is 20.9 Å². The highest BCUT2D eigenvalue weighted by molar-refractivity contribution is 14.0. The summed E-state index contributed by atoms with van der Waals surface area (Å²) in [5.41, 5.74) is 0.668. The normalized spacial score (nSPS) is 12.3. The SMILES string of the molecule is CCN(CC)CCCC(C)NC(=NC)NCCNC(=O)Cc1cccc(F)c1.I. The fourth-order valence-corrected chi connectivity index (χ4v) is 2.94. The predicted molar refractivity (Wildman–Crippen MR) is 130 cm³/mol. The second kappa shape index (κ2) is 16.4. The Hall–Kier alpha value is -1.42. The number of nitrogens with zero attached hydrogens (tertiary/aromatic N) is 2. The third-order valence-corrected chi connectivity index (χ3v) is 4.61. The molecule has 6 nitrogen and oxygen atoms in total. The number of rotatable bonds is 12. The first-order valence-corrected chi connectivity index (χ1v) is 10.2. The summed E-state index contributed by atoms with van der Waals surface area (Å²) in [6.45, 7) is 10.9. The molecule has 1 atom stereocenters. The minimum atomic E-state index is -0.326. The van der Waals surface area contributed by atoms with E-state index in [2.05, 4.69) is 46.6 Å². The number of aliphatic imine (C=N–C) groups is 1. The van der Waals surface area contributed by atoms with Gasteiger partial charge in [0.25, 0.3) is 0 Å². The van der Waals surface area contributed by atoms with Crippen LogP contribution < -0.4 is 16.0 Å². The van der Waals surface area contributed by atoms with Gasteiger partial charge in [-0.15, -0.1) is 24.0 Å². The van der Waals surface area contributed by atoms with Crippen LogP contribution in [0.15, 0.2) is 29.3 Å². The number of guanidine groups is 1. The largest absolute Gasteiger partial charge is 0.355 e. The molecule has 1 unspecified atom stereocenters. The molecule has 0 bridgehead atoms. The summed E-state index contributed by atoms with van der Waals surface area (Å²) in [7, 11) is 1.74. The molecule has 0 radical (unpaired) electrons. The molecule has 29 heavy (non-hydrogen) atoms. The van der Waals surface area contributed by atoms with Crippen LogP contribution in [0.2, 0.25) is 0 Å². The van der Waals surface area contributed by atoms with Crippen molar-refractivity contribution in [3.63, 3.8) is 0 Å². The first-order chi connectivity index (χ1) is 13.5. The molecule has 0 aromatic heterocycles. The zero-order valence-corrected chi connectivity index (χ0v) is 20.5. The Morgan fingerprint density at radius 2 is 1.90 bits per heavy atom. The van der Waals surface area contributed by atoms with Crippen molar-refractivity contribution in [3.8, 4) is 0 Å². The van der Waals surface area contributed by atoms with Crippen molar-refractivity contribution in [3.05, 3.63) is 35.6 Å². The van der Waals surface area contributed by atoms with E-state index in [0.29, 0.717) is 24.7 Å². The summed E-state index contributed by atoms with van der Waals surface area (Å²) >= 11 is 0. The zero-order valence-electron chi connectivity index (χ0n) is 18.1. The third kappa shape index (κ3) is 12.7. The van der Waals surface area contributed by atoms with E-state index in [4.69, 9.17) is 0 Å². The third-order valence-electron chi connectivity index (χ3n) is 4.61. The van der Waals surface area contributed by atoms with Gasteiger partial charge in [0, 0.05) is 26.2 Å². The maximum Gasteiger partial charge on any atom is 0.224 e. The molecule has 1 rings (SSSR count). The fraction of sp³-hybridized carbons (Fsp3) is 0.619. The Bertz CT molecular complexity index is 610. The van der Waals surface area contributed by atoms with Crippen molar-refractivity contribution in [1.29, 1.82) is 0 Å². The summed E-state index contributed by atoms with van der Waals surface area (Å²) in [5, 5.41) is 9.41. The van der Waals surface area contributed by atoms with Crippen molar-refractivity contribution in [2.24, 2.45) is 4.99 Å². The van der Waals surface area contributed by atoms with Crippen LogP contribution in [0.3, 0.4) is 0 Å². The van der Waals surface area contributed by atoms with Gasteiger partial charge in [0.1, 0.15) is 5.82 Å². The maximum absolute atomic E-state index is 13.1. The highest BCUT2D eigenvalue weighted by Crippen LogP contribution is 2.04. The van der Waals surface area contributed by atoms with Gasteiger partial charge >= 0.3 is 0 Å². The summed E-state index contributed by atoms with van der Waals surface area (Å²) in [5.74, 6) is 0.280. The highest BCUT2D eigenvalue weighted by atomic mass is 127. The lowest BCUT2D eigenvalue weighted by Gasteiger charge is -2.21. The molecule has 0 spiro atoms. The van der Waals surface area contributed by atoms with E-state index in [-0.39, 0.29) is 42.1 Å². The predicted octanol–water partition coefficient (Wildman–Crippen LogP) is 2.78. The molecular weight excluding hydrogens is 484 g/mol. The molecule has 0 aliphatic carbocycles. The van der Waals surface area contributed by atoms with Gasteiger partial charge in [-0.05, 0) is 57.1 Å². The molecule has 0 saturated carbocycles. The number of carbonyl (C=O) groups excluding carboxylic acids is 1. The molecule has 3 N–H and O–H groups in total. The quantitative estimate of drug-likeness (QED) is 0.171. The number of carbonyl (C=O) groups is 1. The monoisotopic (exact) mass is 521 g/mol. The Balaban J connectivity index is 0.00000784. The molecule has 1 amide bonds. The Labute approximate surface area is 192 Å². The average Bonchev–Trinajstić information content (AvgIpc) is 2.67. The fourth-order valence-electron chi connectivity index (χ4n) is 2.94. The smallest absolute Gasteiger partial charge is 0.224 e. The van der Waals surface area contributed by atoms with Gasteiger partial charge in [-0.3, -0.25) is 9.79 Å². The number of hydrogen-bond acceptors (Lipinski definition) is 3. The van der Waals surface area contributed by atoms with E-state index in [0.717, 1.165) is 38.4 Å². The highest BCUT2D eigenvalue weighted by Gasteiger charge is 2.07. The van der Waals surface area contributed by atoms with Crippen LogP contribution in [0.25, 0.3) is 0 Å². The van der Waals surface area contributed by atoms with Gasteiger partial charge in [0.05, 0.1) is 6.42 Å². The van der Waals surface area contributed by atoms with Gasteiger partial charge in [0.15, 0.2) is 5.96 Å². The number of benzene rings is 1. The summed E-state index contributed by atoms with van der Waals surface area (Å²) in [6.07, 6.45) is 2.39. The molecule has 1 aromatic rings. The van der Waals surface area contributed by atoms with Crippen LogP contribution in [0.1, 0.15) is 39.2 Å². The van der Waals surface area contributed by atoms with Crippen LogP contribution in [0, 0.1) is 5.82 Å². The number of halogens is 2. The van der Waals surface area contributed by atoms with E-state index in [1.54, 1.807) is 19.2 Å². The Kier molecular flexibility index (Phi) is 15.6. The Morgan fingerprint density at radius 3 is 2.52 bits per heavy atom. The lowest BCUT2D eigenvalue weighted by molar-refractivity contribution is -0.120. The van der Waals surface area contributed by atoms with Crippen LogP contribution in [-0.2, 0) is 11.2 Å². The zero-order chi connectivity index (χ0) is 20.8. The van der Waals surface area contributed by atoms with E-state index in [9.17, 15) is 9.18 Å². The topological polar surface area (TPSA) is 68.8 Å². The van der Waals surface area contributed by atoms with Crippen LogP contribution in [0.4, 0.5) is 4.39 Å². The molecule has 0 aliphatic heterocycles. The van der Waals surface area contributed by atoms with E-state index in [1.807, 2.05) is 0 Å². The maximum atomic E-state index is 13.1. The average molecular weight is 521 g/mol. The standard InChI is InChI=1S/C21H36FN5O.HI/c1-5-27(6-2)14-8-9-17(3)26-21(23-4)25-13-12-24-20(28)16-18-10-7-11-19(22)15-18;/h7,10-11,15,17H,5-6,8-9,12-14,16H2,1-4H3,(H,24,28)(H2,23,25,26);1H. The molecular formula is C21H37FIN5O. The molecule has 8 heteroatoms. The van der Waals surface area contributed by atoms with Crippen LogP contribution in [-0.4, -0.2) is 62.6 Å². The second-order valence-electron chi connectivity index (χ2n) is 6.87. The molecule has 166 valence electrons. The van der Waals surface area contributed by atoms with E-state index >= 15 is 0 Å². The van der Waals surface area contributed by atoms with E-state index in [1.165, 1.54) is 12.1 Å². The van der Waals surface area contributed by atoms with Gasteiger partial charge in [-0.1, -0.05) is 26.0 Å². The van der Waals surface area contributed by atoms with Gasteiger partial charge < -0.3 is 20.9 Å². The lowest BCUT2D eigenvalue weighted by atomic mass is 10.1. The minimum absolute atomic E-state index is 0. The van der Waals surface area contributed by atoms with Gasteiger partial charge in [0.2, 0.25) is 5.91 Å². The van der Waals surface area contributed by atoms with Crippen LogP contribution >= 0.6 is 24.0 Å². The Morgan fingerprint density at radius 1 is 1.21 bits per heavy atom. The van der Waals surface area contributed by atoms with Crippen LogP contribution in [0.5, 0.6) is 0 Å². The number of hydrogen-bond donors (Lipinski definition) is 3. The summed E-state index contributed by atoms with van der Waals surface area (Å²) < 4.78 is 13.1. The van der Waals surface area contributed by atoms with Crippen molar-refractivity contribution in [2.75, 3.05) is 39.8 Å². The second-order valence-corrected chi connectivity index (χ2v) is 6.87. The summed E-state index contributed by atoms with van der Waals surface area (Å²) in [6, 6.07) is 6.43. The number of nitrogens with one attached hydrogen (secondary N) is 3. The molecule has 0 aliphatic rings.